The highest BCUT2D eigenvalue weighted by molar-refractivity contribution is 6.32. The Morgan fingerprint density at radius 1 is 1.10 bits per heavy atom. The molecule has 3 amide bonds. The molecule has 1 heterocycles. The molecule has 1 atom stereocenters. The van der Waals surface area contributed by atoms with Gasteiger partial charge in [-0.25, -0.2) is 0 Å². The number of nitrogens with one attached hydrogen (secondary N) is 1. The Balaban J connectivity index is 1.76. The highest BCUT2D eigenvalue weighted by Gasteiger charge is 2.33. The van der Waals surface area contributed by atoms with Crippen molar-refractivity contribution in [1.82, 2.24) is 4.90 Å². The van der Waals surface area contributed by atoms with Crippen molar-refractivity contribution in [1.29, 1.82) is 0 Å². The molecule has 2 aromatic carbocycles. The zero-order valence-electron chi connectivity index (χ0n) is 16.1. The van der Waals surface area contributed by atoms with E-state index >= 15 is 0 Å². The lowest BCUT2D eigenvalue weighted by Gasteiger charge is -2.20. The number of carbonyl (C=O) groups is 4. The Labute approximate surface area is 177 Å². The number of amides is 3. The third-order valence-electron chi connectivity index (χ3n) is 4.45. The molecule has 0 bridgehead atoms. The summed E-state index contributed by atoms with van der Waals surface area (Å²) in [4.78, 5) is 49.6. The van der Waals surface area contributed by atoms with E-state index in [2.05, 4.69) is 5.32 Å². The standard InChI is InChI=1S/C21H19ClN2O6/c1-29-16-8-7-14(11-15(16)22)23-21(28)20(13-5-3-2-4-6-13)30-19(27)12-24-17(25)9-10-18(24)26/h2-8,11,20H,9-10,12H2,1H3,(H,23,28). The van der Waals surface area contributed by atoms with Crippen LogP contribution in [0, 0.1) is 0 Å². The molecular weight excluding hydrogens is 412 g/mol. The number of anilines is 1. The van der Waals surface area contributed by atoms with Gasteiger partial charge in [0.1, 0.15) is 12.3 Å². The fourth-order valence-corrected chi connectivity index (χ4v) is 3.21. The molecule has 1 saturated heterocycles. The van der Waals surface area contributed by atoms with Gasteiger partial charge in [0.05, 0.1) is 12.1 Å². The third-order valence-corrected chi connectivity index (χ3v) is 4.75. The van der Waals surface area contributed by atoms with Gasteiger partial charge in [0, 0.05) is 24.1 Å². The molecular formula is C21H19ClN2O6. The molecule has 9 heteroatoms. The Hall–Kier alpha value is -3.39. The van der Waals surface area contributed by atoms with Gasteiger partial charge in [-0.2, -0.15) is 0 Å². The highest BCUT2D eigenvalue weighted by atomic mass is 35.5. The predicted octanol–water partition coefficient (Wildman–Crippen LogP) is 2.72. The number of imide groups is 1. The van der Waals surface area contributed by atoms with Crippen LogP contribution in [0.2, 0.25) is 5.02 Å². The fourth-order valence-electron chi connectivity index (χ4n) is 2.95. The van der Waals surface area contributed by atoms with Gasteiger partial charge in [0.15, 0.2) is 0 Å². The van der Waals surface area contributed by atoms with Gasteiger partial charge in [-0.05, 0) is 18.2 Å². The summed E-state index contributed by atoms with van der Waals surface area (Å²) in [5.74, 6) is -1.91. The van der Waals surface area contributed by atoms with Crippen LogP contribution in [0.1, 0.15) is 24.5 Å². The monoisotopic (exact) mass is 430 g/mol. The van der Waals surface area contributed by atoms with Crippen LogP contribution in [0.3, 0.4) is 0 Å². The number of nitrogens with zero attached hydrogens (tertiary/aromatic N) is 1. The second kappa shape index (κ2) is 9.41. The maximum atomic E-state index is 12.9. The highest BCUT2D eigenvalue weighted by Crippen LogP contribution is 2.28. The van der Waals surface area contributed by atoms with Crippen molar-refractivity contribution in [2.75, 3.05) is 19.0 Å². The second-order valence-corrected chi connectivity index (χ2v) is 6.90. The van der Waals surface area contributed by atoms with Crippen molar-refractivity contribution in [3.63, 3.8) is 0 Å². The minimum Gasteiger partial charge on any atom is -0.495 e. The summed E-state index contributed by atoms with van der Waals surface area (Å²) in [5.41, 5.74) is 0.815. The van der Waals surface area contributed by atoms with Crippen LogP contribution in [0.15, 0.2) is 48.5 Å². The molecule has 1 aliphatic rings. The molecule has 3 rings (SSSR count). The molecule has 0 spiro atoms. The van der Waals surface area contributed by atoms with E-state index in [1.54, 1.807) is 42.5 Å². The number of benzene rings is 2. The van der Waals surface area contributed by atoms with E-state index in [1.165, 1.54) is 13.2 Å². The zero-order chi connectivity index (χ0) is 21.7. The van der Waals surface area contributed by atoms with Gasteiger partial charge >= 0.3 is 5.97 Å². The molecule has 156 valence electrons. The molecule has 1 N–H and O–H groups in total. The van der Waals surface area contributed by atoms with Gasteiger partial charge in [-0.15, -0.1) is 0 Å². The number of ether oxygens (including phenoxy) is 2. The van der Waals surface area contributed by atoms with Gasteiger partial charge in [0.2, 0.25) is 17.9 Å². The van der Waals surface area contributed by atoms with Crippen molar-refractivity contribution < 1.29 is 28.7 Å². The Kier molecular flexibility index (Phi) is 6.68. The summed E-state index contributed by atoms with van der Waals surface area (Å²) < 4.78 is 10.4. The summed E-state index contributed by atoms with van der Waals surface area (Å²) in [5, 5.41) is 2.95. The number of esters is 1. The summed E-state index contributed by atoms with van der Waals surface area (Å²) in [6.07, 6.45) is -1.16. The first kappa shape index (κ1) is 21.3. The maximum absolute atomic E-state index is 12.9. The summed E-state index contributed by atoms with van der Waals surface area (Å²) in [6.45, 7) is -0.539. The van der Waals surface area contributed by atoms with Crippen molar-refractivity contribution in [2.24, 2.45) is 0 Å². The first-order valence-corrected chi connectivity index (χ1v) is 9.49. The van der Waals surface area contributed by atoms with Crippen LogP contribution in [-0.4, -0.2) is 42.2 Å². The molecule has 2 aromatic rings. The maximum Gasteiger partial charge on any atom is 0.327 e. The summed E-state index contributed by atoms with van der Waals surface area (Å²) in [6, 6.07) is 13.1. The first-order chi connectivity index (χ1) is 14.4. The first-order valence-electron chi connectivity index (χ1n) is 9.11. The van der Waals surface area contributed by atoms with Crippen LogP contribution in [0.25, 0.3) is 0 Å². The van der Waals surface area contributed by atoms with Gasteiger partial charge in [-0.3, -0.25) is 24.1 Å². The molecule has 0 radical (unpaired) electrons. The zero-order valence-corrected chi connectivity index (χ0v) is 16.8. The molecule has 0 saturated carbocycles. The van der Waals surface area contributed by atoms with Gasteiger partial charge in [-0.1, -0.05) is 41.9 Å². The van der Waals surface area contributed by atoms with Crippen LogP contribution < -0.4 is 10.1 Å². The van der Waals surface area contributed by atoms with E-state index < -0.39 is 36.3 Å². The number of halogens is 1. The summed E-state index contributed by atoms with van der Waals surface area (Å²) in [7, 11) is 1.47. The van der Waals surface area contributed by atoms with Gasteiger partial charge in [0.25, 0.3) is 5.91 Å². The molecule has 30 heavy (non-hydrogen) atoms. The molecule has 1 aliphatic heterocycles. The van der Waals surface area contributed by atoms with E-state index in [-0.39, 0.29) is 12.8 Å². The van der Waals surface area contributed by atoms with Crippen molar-refractivity contribution in [3.05, 3.63) is 59.1 Å². The number of likely N-dealkylation sites (tertiary alicyclic amines) is 1. The fraction of sp³-hybridized carbons (Fsp3) is 0.238. The molecule has 1 fully saturated rings. The summed E-state index contributed by atoms with van der Waals surface area (Å²) >= 11 is 6.09. The number of rotatable bonds is 7. The lowest BCUT2D eigenvalue weighted by molar-refractivity contribution is -0.159. The van der Waals surface area contributed by atoms with Crippen molar-refractivity contribution >= 4 is 41.0 Å². The topological polar surface area (TPSA) is 102 Å². The van der Waals surface area contributed by atoms with E-state index in [1.807, 2.05) is 0 Å². The third kappa shape index (κ3) is 4.96. The lowest BCUT2D eigenvalue weighted by Crippen LogP contribution is -2.37. The van der Waals surface area contributed by atoms with Crippen LogP contribution in [-0.2, 0) is 23.9 Å². The Morgan fingerprint density at radius 3 is 2.37 bits per heavy atom. The van der Waals surface area contributed by atoms with E-state index in [0.717, 1.165) is 4.90 Å². The van der Waals surface area contributed by atoms with E-state index in [4.69, 9.17) is 21.1 Å². The molecule has 0 aromatic heterocycles. The number of methoxy groups -OCH3 is 1. The minimum absolute atomic E-state index is 0.0624. The van der Waals surface area contributed by atoms with Crippen LogP contribution in [0.5, 0.6) is 5.75 Å². The quantitative estimate of drug-likeness (QED) is 0.535. The molecule has 0 aliphatic carbocycles. The second-order valence-electron chi connectivity index (χ2n) is 6.49. The number of hydrogen-bond acceptors (Lipinski definition) is 6. The number of carbonyl (C=O) groups excluding carboxylic acids is 4. The van der Waals surface area contributed by atoms with Crippen LogP contribution >= 0.6 is 11.6 Å². The average molecular weight is 431 g/mol. The van der Waals surface area contributed by atoms with Gasteiger partial charge < -0.3 is 14.8 Å². The molecule has 1 unspecified atom stereocenters. The van der Waals surface area contributed by atoms with E-state index in [9.17, 15) is 19.2 Å². The normalized spacial score (nSPS) is 14.4. The smallest absolute Gasteiger partial charge is 0.327 e. The minimum atomic E-state index is -1.28. The van der Waals surface area contributed by atoms with Crippen molar-refractivity contribution in [2.45, 2.75) is 18.9 Å². The van der Waals surface area contributed by atoms with Crippen molar-refractivity contribution in [3.8, 4) is 5.75 Å². The van der Waals surface area contributed by atoms with Crippen LogP contribution in [0.4, 0.5) is 5.69 Å². The largest absolute Gasteiger partial charge is 0.495 e. The average Bonchev–Trinajstić information content (AvgIpc) is 3.04. The molecule has 8 nitrogen and oxygen atoms in total. The predicted molar refractivity (Wildman–Crippen MR) is 108 cm³/mol. The lowest BCUT2D eigenvalue weighted by atomic mass is 10.1. The Bertz CT molecular complexity index is 963. The Morgan fingerprint density at radius 2 is 1.77 bits per heavy atom. The van der Waals surface area contributed by atoms with E-state index in [0.29, 0.717) is 22.0 Å². The SMILES string of the molecule is COc1ccc(NC(=O)C(OC(=O)CN2C(=O)CCC2=O)c2ccccc2)cc1Cl. The number of hydrogen-bond donors (Lipinski definition) is 1.